The third-order valence-electron chi connectivity index (χ3n) is 5.52. The Morgan fingerprint density at radius 1 is 1.00 bits per heavy atom. The van der Waals surface area contributed by atoms with Crippen LogP contribution >= 0.6 is 0 Å². The summed E-state index contributed by atoms with van der Waals surface area (Å²) in [6.07, 6.45) is 0. The van der Waals surface area contributed by atoms with E-state index in [4.69, 9.17) is 4.74 Å². The van der Waals surface area contributed by atoms with Crippen molar-refractivity contribution in [3.8, 4) is 5.75 Å². The van der Waals surface area contributed by atoms with Crippen LogP contribution in [-0.4, -0.2) is 62.9 Å². The summed E-state index contributed by atoms with van der Waals surface area (Å²) in [7, 11) is -3.55. The first-order valence-electron chi connectivity index (χ1n) is 11.0. The van der Waals surface area contributed by atoms with E-state index in [-0.39, 0.29) is 17.9 Å². The molecule has 0 unspecified atom stereocenters. The van der Waals surface area contributed by atoms with Crippen molar-refractivity contribution >= 4 is 21.6 Å². The normalized spacial score (nSPS) is 16.0. The van der Waals surface area contributed by atoms with Crippen LogP contribution in [-0.2, 0) is 20.2 Å². The Balaban J connectivity index is 1.56. The molecule has 174 valence electrons. The number of carbonyl (C=O) groups is 1. The first-order valence-corrected chi connectivity index (χ1v) is 12.4. The number of anilines is 1. The van der Waals surface area contributed by atoms with Crippen molar-refractivity contribution in [1.29, 1.82) is 0 Å². The molecule has 0 saturated carbocycles. The van der Waals surface area contributed by atoms with Gasteiger partial charge in [0.1, 0.15) is 5.75 Å². The van der Waals surface area contributed by atoms with Gasteiger partial charge in [-0.25, -0.2) is 8.42 Å². The average Bonchev–Trinajstić information content (AvgIpc) is 2.75. The number of carbonyl (C=O) groups excluding carboxylic acids is 1. The number of piperazine rings is 1. The highest BCUT2D eigenvalue weighted by Crippen LogP contribution is 2.26. The van der Waals surface area contributed by atoms with Crippen molar-refractivity contribution in [2.75, 3.05) is 44.6 Å². The Morgan fingerprint density at radius 2 is 1.62 bits per heavy atom. The molecule has 3 rings (SSSR count). The van der Waals surface area contributed by atoms with Gasteiger partial charge in [-0.1, -0.05) is 45.0 Å². The Bertz CT molecular complexity index is 1020. The highest BCUT2D eigenvalue weighted by molar-refractivity contribution is 7.89. The van der Waals surface area contributed by atoms with Gasteiger partial charge in [-0.15, -0.1) is 0 Å². The lowest BCUT2D eigenvalue weighted by Crippen LogP contribution is -2.50. The highest BCUT2D eigenvalue weighted by atomic mass is 32.2. The standard InChI is InChI=1S/C24H33N3O4S/c1-5-31-22-9-7-6-8-21(22)25-23(28)18-26-14-16-27(17-15-26)32(29,30)20-12-10-19(11-13-20)24(2,3)4/h6-13H,5,14-18H2,1-4H3,(H,25,28). The maximum Gasteiger partial charge on any atom is 0.243 e. The molecule has 8 heteroatoms. The molecule has 2 aromatic rings. The Hall–Kier alpha value is -2.42. The van der Waals surface area contributed by atoms with Crippen LogP contribution in [0.5, 0.6) is 5.75 Å². The van der Waals surface area contributed by atoms with E-state index >= 15 is 0 Å². The van der Waals surface area contributed by atoms with E-state index in [0.29, 0.717) is 49.1 Å². The van der Waals surface area contributed by atoms with Crippen LogP contribution in [0.3, 0.4) is 0 Å². The molecule has 1 aliphatic heterocycles. The van der Waals surface area contributed by atoms with Crippen LogP contribution in [0, 0.1) is 0 Å². The number of hydrogen-bond acceptors (Lipinski definition) is 5. The number of benzene rings is 2. The van der Waals surface area contributed by atoms with Gasteiger partial charge in [-0.2, -0.15) is 4.31 Å². The third kappa shape index (κ3) is 5.88. The predicted molar refractivity (Wildman–Crippen MR) is 127 cm³/mol. The summed E-state index contributed by atoms with van der Waals surface area (Å²) < 4.78 is 33.1. The van der Waals surface area contributed by atoms with Crippen LogP contribution in [0.1, 0.15) is 33.3 Å². The van der Waals surface area contributed by atoms with Gasteiger partial charge in [0, 0.05) is 26.2 Å². The molecule has 1 saturated heterocycles. The molecule has 1 fully saturated rings. The first-order chi connectivity index (χ1) is 15.1. The molecule has 0 aliphatic carbocycles. The number of hydrogen-bond donors (Lipinski definition) is 1. The first kappa shape index (κ1) is 24.2. The van der Waals surface area contributed by atoms with E-state index < -0.39 is 10.0 Å². The lowest BCUT2D eigenvalue weighted by molar-refractivity contribution is -0.117. The molecule has 7 nitrogen and oxygen atoms in total. The summed E-state index contributed by atoms with van der Waals surface area (Å²) >= 11 is 0. The minimum Gasteiger partial charge on any atom is -0.492 e. The molecule has 0 spiro atoms. The monoisotopic (exact) mass is 459 g/mol. The smallest absolute Gasteiger partial charge is 0.243 e. The van der Waals surface area contributed by atoms with Gasteiger partial charge in [0.15, 0.2) is 0 Å². The highest BCUT2D eigenvalue weighted by Gasteiger charge is 2.29. The van der Waals surface area contributed by atoms with Crippen molar-refractivity contribution in [3.05, 3.63) is 54.1 Å². The lowest BCUT2D eigenvalue weighted by Gasteiger charge is -2.33. The fourth-order valence-corrected chi connectivity index (χ4v) is 5.07. The Labute approximate surface area is 191 Å². The molecule has 2 aromatic carbocycles. The fourth-order valence-electron chi connectivity index (χ4n) is 3.65. The van der Waals surface area contributed by atoms with Gasteiger partial charge in [0.05, 0.1) is 23.7 Å². The summed E-state index contributed by atoms with van der Waals surface area (Å²) in [5.41, 5.74) is 1.70. The van der Waals surface area contributed by atoms with E-state index in [1.807, 2.05) is 42.2 Å². The minimum atomic E-state index is -3.55. The molecule has 1 heterocycles. The fraction of sp³-hybridized carbons (Fsp3) is 0.458. The Kier molecular flexibility index (Phi) is 7.59. The van der Waals surface area contributed by atoms with Crippen LogP contribution in [0.4, 0.5) is 5.69 Å². The minimum absolute atomic E-state index is 0.0301. The zero-order chi connectivity index (χ0) is 23.4. The SMILES string of the molecule is CCOc1ccccc1NC(=O)CN1CCN(S(=O)(=O)c2ccc(C(C)(C)C)cc2)CC1. The maximum absolute atomic E-state index is 13.0. The van der Waals surface area contributed by atoms with E-state index in [1.165, 1.54) is 4.31 Å². The second-order valence-corrected chi connectivity index (χ2v) is 10.9. The van der Waals surface area contributed by atoms with Gasteiger partial charge in [-0.3, -0.25) is 9.69 Å². The summed E-state index contributed by atoms with van der Waals surface area (Å²) in [5.74, 6) is 0.489. The van der Waals surface area contributed by atoms with Gasteiger partial charge in [0.2, 0.25) is 15.9 Å². The molecule has 1 aliphatic rings. The van der Waals surface area contributed by atoms with Crippen LogP contribution < -0.4 is 10.1 Å². The third-order valence-corrected chi connectivity index (χ3v) is 7.43. The van der Waals surface area contributed by atoms with E-state index in [0.717, 1.165) is 5.56 Å². The molecular weight excluding hydrogens is 426 g/mol. The van der Waals surface area contributed by atoms with Gasteiger partial charge >= 0.3 is 0 Å². The quantitative estimate of drug-likeness (QED) is 0.687. The number of sulfonamides is 1. The number of ether oxygens (including phenoxy) is 1. The lowest BCUT2D eigenvalue weighted by atomic mass is 9.87. The summed E-state index contributed by atoms with van der Waals surface area (Å²) in [4.78, 5) is 14.8. The Morgan fingerprint density at radius 3 is 2.22 bits per heavy atom. The van der Waals surface area contributed by atoms with Crippen molar-refractivity contribution in [2.24, 2.45) is 0 Å². The number of para-hydroxylation sites is 2. The molecular formula is C24H33N3O4S. The van der Waals surface area contributed by atoms with Crippen molar-refractivity contribution in [1.82, 2.24) is 9.21 Å². The molecule has 0 aromatic heterocycles. The average molecular weight is 460 g/mol. The second-order valence-electron chi connectivity index (χ2n) is 8.93. The van der Waals surface area contributed by atoms with E-state index in [2.05, 4.69) is 26.1 Å². The molecule has 32 heavy (non-hydrogen) atoms. The zero-order valence-electron chi connectivity index (χ0n) is 19.3. The number of rotatable bonds is 7. The van der Waals surface area contributed by atoms with E-state index in [9.17, 15) is 13.2 Å². The maximum atomic E-state index is 13.0. The molecule has 0 bridgehead atoms. The van der Waals surface area contributed by atoms with E-state index in [1.54, 1.807) is 18.2 Å². The summed E-state index contributed by atoms with van der Waals surface area (Å²) in [5, 5.41) is 2.89. The van der Waals surface area contributed by atoms with Crippen LogP contribution in [0.25, 0.3) is 0 Å². The van der Waals surface area contributed by atoms with Gasteiger partial charge in [-0.05, 0) is 42.2 Å². The predicted octanol–water partition coefficient (Wildman–Crippen LogP) is 3.33. The zero-order valence-corrected chi connectivity index (χ0v) is 20.1. The summed E-state index contributed by atoms with van der Waals surface area (Å²) in [6, 6.07) is 14.5. The van der Waals surface area contributed by atoms with Crippen molar-refractivity contribution in [2.45, 2.75) is 38.0 Å². The number of amides is 1. The van der Waals surface area contributed by atoms with Crippen LogP contribution in [0.15, 0.2) is 53.4 Å². The van der Waals surface area contributed by atoms with Crippen LogP contribution in [0.2, 0.25) is 0 Å². The van der Waals surface area contributed by atoms with Gasteiger partial charge in [0.25, 0.3) is 0 Å². The molecule has 1 amide bonds. The molecule has 0 atom stereocenters. The number of nitrogens with zero attached hydrogens (tertiary/aromatic N) is 2. The van der Waals surface area contributed by atoms with Gasteiger partial charge < -0.3 is 10.1 Å². The number of nitrogens with one attached hydrogen (secondary N) is 1. The van der Waals surface area contributed by atoms with Crippen molar-refractivity contribution < 1.29 is 17.9 Å². The second kappa shape index (κ2) is 10.0. The topological polar surface area (TPSA) is 79.0 Å². The largest absolute Gasteiger partial charge is 0.492 e. The molecule has 1 N–H and O–H groups in total. The molecule has 0 radical (unpaired) electrons. The summed E-state index contributed by atoms with van der Waals surface area (Å²) in [6.45, 7) is 10.6. The van der Waals surface area contributed by atoms with Crippen molar-refractivity contribution in [3.63, 3.8) is 0 Å².